The summed E-state index contributed by atoms with van der Waals surface area (Å²) in [5, 5.41) is 7.24. The Morgan fingerprint density at radius 1 is 0.429 bits per heavy atom. The summed E-state index contributed by atoms with van der Waals surface area (Å²) in [6, 6.07) is 59.5. The molecule has 0 spiro atoms. The van der Waals surface area contributed by atoms with Crippen molar-refractivity contribution in [3.8, 4) is 22.3 Å². The third kappa shape index (κ3) is 4.27. The highest BCUT2D eigenvalue weighted by Gasteiger charge is 2.35. The van der Waals surface area contributed by atoms with Gasteiger partial charge in [-0.1, -0.05) is 123 Å². The Morgan fingerprint density at radius 3 is 1.96 bits per heavy atom. The molecular weight excluding hydrogens is 595 g/mol. The van der Waals surface area contributed by atoms with Crippen LogP contribution < -0.4 is 4.90 Å². The lowest BCUT2D eigenvalue weighted by atomic mass is 9.82. The molecule has 2 heteroatoms. The van der Waals surface area contributed by atoms with Crippen LogP contribution in [0.25, 0.3) is 65.7 Å². The van der Waals surface area contributed by atoms with Gasteiger partial charge in [-0.15, -0.1) is 0 Å². The van der Waals surface area contributed by atoms with Gasteiger partial charge in [-0.2, -0.15) is 0 Å². The number of fused-ring (bicyclic) bond motifs is 9. The molecule has 1 heterocycles. The Morgan fingerprint density at radius 2 is 1.08 bits per heavy atom. The Labute approximate surface area is 285 Å². The normalized spacial score (nSPS) is 13.3. The number of benzene rings is 8. The van der Waals surface area contributed by atoms with Crippen LogP contribution in [-0.2, 0) is 5.41 Å². The van der Waals surface area contributed by atoms with Crippen LogP contribution in [0.5, 0.6) is 0 Å². The number of hydrogen-bond acceptors (Lipinski definition) is 2. The molecule has 8 aromatic carbocycles. The lowest BCUT2D eigenvalue weighted by molar-refractivity contribution is 0.660. The fraction of sp³-hybridized carbons (Fsp3) is 0.0638. The van der Waals surface area contributed by atoms with E-state index in [1.807, 2.05) is 0 Å². The molecule has 0 atom stereocenters. The number of rotatable bonds is 4. The zero-order chi connectivity index (χ0) is 32.7. The Kier molecular flexibility index (Phi) is 5.95. The largest absolute Gasteiger partial charge is 0.456 e. The predicted molar refractivity (Wildman–Crippen MR) is 206 cm³/mol. The molecule has 49 heavy (non-hydrogen) atoms. The summed E-state index contributed by atoms with van der Waals surface area (Å²) in [4.78, 5) is 2.37. The first-order chi connectivity index (χ1) is 24.0. The first-order valence-corrected chi connectivity index (χ1v) is 17.0. The minimum atomic E-state index is -0.0999. The smallest absolute Gasteiger partial charge is 0.137 e. The fourth-order valence-electron chi connectivity index (χ4n) is 8.12. The summed E-state index contributed by atoms with van der Waals surface area (Å²) in [5.74, 6) is 0. The lowest BCUT2D eigenvalue weighted by Crippen LogP contribution is -2.16. The van der Waals surface area contributed by atoms with Crippen LogP contribution in [0.2, 0.25) is 0 Å². The van der Waals surface area contributed by atoms with E-state index in [-0.39, 0.29) is 5.41 Å². The van der Waals surface area contributed by atoms with Crippen LogP contribution in [0.1, 0.15) is 25.0 Å². The van der Waals surface area contributed by atoms with Crippen LogP contribution in [-0.4, -0.2) is 0 Å². The van der Waals surface area contributed by atoms with Crippen LogP contribution >= 0.6 is 0 Å². The molecule has 0 fully saturated rings. The molecule has 0 N–H and O–H groups in total. The summed E-state index contributed by atoms with van der Waals surface area (Å²) in [6.45, 7) is 4.68. The van der Waals surface area contributed by atoms with Gasteiger partial charge < -0.3 is 9.32 Å². The second-order valence-corrected chi connectivity index (χ2v) is 13.8. The van der Waals surface area contributed by atoms with E-state index in [2.05, 4.69) is 183 Å². The van der Waals surface area contributed by atoms with Crippen LogP contribution in [0.15, 0.2) is 168 Å². The molecule has 0 aliphatic heterocycles. The average molecular weight is 628 g/mol. The van der Waals surface area contributed by atoms with Gasteiger partial charge in [0, 0.05) is 39.3 Å². The van der Waals surface area contributed by atoms with Crippen molar-refractivity contribution in [3.63, 3.8) is 0 Å². The molecule has 0 radical (unpaired) electrons. The summed E-state index contributed by atoms with van der Waals surface area (Å²) < 4.78 is 6.56. The lowest BCUT2D eigenvalue weighted by Gasteiger charge is -2.28. The fourth-order valence-corrected chi connectivity index (χ4v) is 8.12. The minimum absolute atomic E-state index is 0.0999. The molecule has 1 aliphatic rings. The highest BCUT2D eigenvalue weighted by Crippen LogP contribution is 2.51. The van der Waals surface area contributed by atoms with E-state index in [1.165, 1.54) is 60.3 Å². The van der Waals surface area contributed by atoms with E-state index >= 15 is 0 Å². The van der Waals surface area contributed by atoms with Gasteiger partial charge in [0.05, 0.1) is 0 Å². The van der Waals surface area contributed by atoms with Crippen molar-refractivity contribution in [1.29, 1.82) is 0 Å². The van der Waals surface area contributed by atoms with Crippen molar-refractivity contribution >= 4 is 60.5 Å². The maximum absolute atomic E-state index is 6.56. The summed E-state index contributed by atoms with van der Waals surface area (Å²) >= 11 is 0. The third-order valence-corrected chi connectivity index (χ3v) is 10.6. The zero-order valence-corrected chi connectivity index (χ0v) is 27.4. The van der Waals surface area contributed by atoms with E-state index in [0.717, 1.165) is 33.6 Å². The monoisotopic (exact) mass is 627 g/mol. The van der Waals surface area contributed by atoms with E-state index in [0.29, 0.717) is 0 Å². The minimum Gasteiger partial charge on any atom is -0.456 e. The van der Waals surface area contributed by atoms with Gasteiger partial charge >= 0.3 is 0 Å². The summed E-state index contributed by atoms with van der Waals surface area (Å²) in [5.41, 5.74) is 12.8. The van der Waals surface area contributed by atoms with Crippen molar-refractivity contribution < 1.29 is 4.42 Å². The maximum Gasteiger partial charge on any atom is 0.137 e. The molecule has 2 nitrogen and oxygen atoms in total. The molecule has 1 aliphatic carbocycles. The van der Waals surface area contributed by atoms with Gasteiger partial charge in [0.25, 0.3) is 0 Å². The maximum atomic E-state index is 6.56. The second-order valence-electron chi connectivity index (χ2n) is 13.8. The molecular formula is C47H33NO. The molecule has 10 rings (SSSR count). The van der Waals surface area contributed by atoms with E-state index < -0.39 is 0 Å². The van der Waals surface area contributed by atoms with Gasteiger partial charge in [0.1, 0.15) is 11.2 Å². The number of anilines is 3. The molecule has 0 saturated heterocycles. The van der Waals surface area contributed by atoms with E-state index in [1.54, 1.807) is 0 Å². The van der Waals surface area contributed by atoms with Gasteiger partial charge in [0.15, 0.2) is 0 Å². The number of hydrogen-bond donors (Lipinski definition) is 0. The SMILES string of the molecule is CC1(C)c2ccccc2-c2ccc(N(c3ccc(-c4ccc5ccccc5c4)cc3)c3ccc4c(c3)oc3ccc5ccccc5c34)cc21. The predicted octanol–water partition coefficient (Wildman–Crippen LogP) is 13.3. The van der Waals surface area contributed by atoms with Gasteiger partial charge in [-0.05, 0) is 103 Å². The van der Waals surface area contributed by atoms with Crippen LogP contribution in [0.4, 0.5) is 17.1 Å². The summed E-state index contributed by atoms with van der Waals surface area (Å²) in [7, 11) is 0. The second kappa shape index (κ2) is 10.4. The number of nitrogens with zero attached hydrogens (tertiary/aromatic N) is 1. The highest BCUT2D eigenvalue weighted by atomic mass is 16.3. The molecule has 0 amide bonds. The highest BCUT2D eigenvalue weighted by molar-refractivity contribution is 6.19. The first kappa shape index (κ1) is 27.9. The topological polar surface area (TPSA) is 16.4 Å². The Hall–Kier alpha value is -6.12. The quantitative estimate of drug-likeness (QED) is 0.193. The van der Waals surface area contributed by atoms with Crippen molar-refractivity contribution in [2.24, 2.45) is 0 Å². The molecule has 1 aromatic heterocycles. The van der Waals surface area contributed by atoms with Crippen molar-refractivity contribution in [1.82, 2.24) is 0 Å². The van der Waals surface area contributed by atoms with Crippen molar-refractivity contribution in [2.75, 3.05) is 4.90 Å². The van der Waals surface area contributed by atoms with Crippen LogP contribution in [0.3, 0.4) is 0 Å². The van der Waals surface area contributed by atoms with Gasteiger partial charge in [-0.25, -0.2) is 0 Å². The van der Waals surface area contributed by atoms with Gasteiger partial charge in [0.2, 0.25) is 0 Å². The number of furan rings is 1. The molecule has 9 aromatic rings. The Bertz CT molecular complexity index is 2750. The van der Waals surface area contributed by atoms with E-state index in [4.69, 9.17) is 4.42 Å². The molecule has 0 bridgehead atoms. The third-order valence-electron chi connectivity index (χ3n) is 10.6. The van der Waals surface area contributed by atoms with Crippen LogP contribution in [0, 0.1) is 0 Å². The molecule has 232 valence electrons. The van der Waals surface area contributed by atoms with E-state index in [9.17, 15) is 0 Å². The first-order valence-electron chi connectivity index (χ1n) is 17.0. The van der Waals surface area contributed by atoms with Gasteiger partial charge in [-0.3, -0.25) is 0 Å². The van der Waals surface area contributed by atoms with Crippen molar-refractivity contribution in [3.05, 3.63) is 175 Å². The molecule has 0 unspecified atom stereocenters. The van der Waals surface area contributed by atoms with Crippen molar-refractivity contribution in [2.45, 2.75) is 19.3 Å². The average Bonchev–Trinajstić information content (AvgIpc) is 3.64. The standard InChI is InChI=1S/C47H33NO/c1-47(2)42-14-8-7-13-39(42)40-24-22-36(28-43(40)47)48(35-20-17-31(18-21-35)34-16-15-30-9-3-4-11-33(30)27-34)37-23-25-41-45(29-37)49-44-26-19-32-10-5-6-12-38(32)46(41)44/h3-29H,1-2H3. The zero-order valence-electron chi connectivity index (χ0n) is 27.4. The Balaban J connectivity index is 1.14. The molecule has 0 saturated carbocycles. The summed E-state index contributed by atoms with van der Waals surface area (Å²) in [6.07, 6.45) is 0.